The SMILES string of the molecule is CNCc1cc(C)nc(C2CCC(C(C)C)CC2)n1. The minimum Gasteiger partial charge on any atom is -0.314 e. The van der Waals surface area contributed by atoms with Crippen molar-refractivity contribution in [3.63, 3.8) is 0 Å². The van der Waals surface area contributed by atoms with Gasteiger partial charge in [0.25, 0.3) is 0 Å². The summed E-state index contributed by atoms with van der Waals surface area (Å²) in [5.74, 6) is 3.37. The second kappa shape index (κ2) is 6.47. The van der Waals surface area contributed by atoms with Crippen molar-refractivity contribution in [1.82, 2.24) is 15.3 Å². The van der Waals surface area contributed by atoms with E-state index in [0.717, 1.165) is 35.6 Å². The van der Waals surface area contributed by atoms with Gasteiger partial charge >= 0.3 is 0 Å². The number of aryl methyl sites for hydroxylation is 1. The zero-order valence-electron chi connectivity index (χ0n) is 12.7. The molecule has 0 aromatic carbocycles. The van der Waals surface area contributed by atoms with E-state index >= 15 is 0 Å². The lowest BCUT2D eigenvalue weighted by Crippen LogP contribution is -2.20. The third kappa shape index (κ3) is 3.75. The number of aromatic nitrogens is 2. The smallest absolute Gasteiger partial charge is 0.131 e. The van der Waals surface area contributed by atoms with Crippen molar-refractivity contribution in [2.75, 3.05) is 7.05 Å². The van der Waals surface area contributed by atoms with Gasteiger partial charge in [0.05, 0.1) is 5.69 Å². The highest BCUT2D eigenvalue weighted by Gasteiger charge is 2.26. The van der Waals surface area contributed by atoms with Crippen LogP contribution in [-0.2, 0) is 6.54 Å². The fraction of sp³-hybridized carbons (Fsp3) is 0.750. The minimum absolute atomic E-state index is 0.575. The van der Waals surface area contributed by atoms with E-state index in [4.69, 9.17) is 4.98 Å². The molecule has 1 aromatic heterocycles. The van der Waals surface area contributed by atoms with Crippen LogP contribution < -0.4 is 5.32 Å². The second-order valence-corrected chi connectivity index (χ2v) is 6.24. The van der Waals surface area contributed by atoms with Crippen molar-refractivity contribution in [3.8, 4) is 0 Å². The molecule has 0 unspecified atom stereocenters. The Morgan fingerprint density at radius 3 is 2.47 bits per heavy atom. The molecule has 0 saturated heterocycles. The quantitative estimate of drug-likeness (QED) is 0.902. The Labute approximate surface area is 117 Å². The average molecular weight is 261 g/mol. The summed E-state index contributed by atoms with van der Waals surface area (Å²) in [6, 6.07) is 2.08. The zero-order chi connectivity index (χ0) is 13.8. The van der Waals surface area contributed by atoms with Gasteiger partial charge in [0.15, 0.2) is 0 Å². The van der Waals surface area contributed by atoms with Gasteiger partial charge in [0, 0.05) is 18.2 Å². The molecule has 1 N–H and O–H groups in total. The summed E-state index contributed by atoms with van der Waals surface area (Å²) in [7, 11) is 1.96. The first-order valence-corrected chi connectivity index (χ1v) is 7.59. The summed E-state index contributed by atoms with van der Waals surface area (Å²) in [5.41, 5.74) is 2.22. The Hall–Kier alpha value is -0.960. The molecule has 0 aliphatic heterocycles. The largest absolute Gasteiger partial charge is 0.314 e. The molecular weight excluding hydrogens is 234 g/mol. The molecule has 2 rings (SSSR count). The summed E-state index contributed by atoms with van der Waals surface area (Å²) >= 11 is 0. The van der Waals surface area contributed by atoms with E-state index in [1.807, 2.05) is 7.05 Å². The third-order valence-corrected chi connectivity index (χ3v) is 4.36. The fourth-order valence-electron chi connectivity index (χ4n) is 3.16. The van der Waals surface area contributed by atoms with Gasteiger partial charge in [-0.3, -0.25) is 0 Å². The Morgan fingerprint density at radius 2 is 1.89 bits per heavy atom. The Kier molecular flexibility index (Phi) is 4.92. The van der Waals surface area contributed by atoms with Crippen LogP contribution in [0.1, 0.15) is 62.7 Å². The van der Waals surface area contributed by atoms with Crippen LogP contribution in [0.5, 0.6) is 0 Å². The topological polar surface area (TPSA) is 37.8 Å². The van der Waals surface area contributed by atoms with E-state index in [1.54, 1.807) is 0 Å². The van der Waals surface area contributed by atoms with E-state index in [2.05, 4.69) is 37.1 Å². The molecule has 1 aromatic rings. The molecule has 3 heteroatoms. The summed E-state index contributed by atoms with van der Waals surface area (Å²) in [6.45, 7) is 7.60. The third-order valence-electron chi connectivity index (χ3n) is 4.36. The Balaban J connectivity index is 2.06. The highest BCUT2D eigenvalue weighted by atomic mass is 14.9. The van der Waals surface area contributed by atoms with Crippen LogP contribution in [0.3, 0.4) is 0 Å². The van der Waals surface area contributed by atoms with Crippen LogP contribution in [0.2, 0.25) is 0 Å². The maximum Gasteiger partial charge on any atom is 0.131 e. The van der Waals surface area contributed by atoms with Crippen LogP contribution in [-0.4, -0.2) is 17.0 Å². The van der Waals surface area contributed by atoms with Gasteiger partial charge in [0.2, 0.25) is 0 Å². The first-order chi connectivity index (χ1) is 9.10. The second-order valence-electron chi connectivity index (χ2n) is 6.24. The molecule has 0 amide bonds. The summed E-state index contributed by atoms with van der Waals surface area (Å²) in [6.07, 6.45) is 5.18. The maximum absolute atomic E-state index is 4.74. The molecule has 0 spiro atoms. The number of rotatable bonds is 4. The molecule has 1 aliphatic rings. The molecule has 1 heterocycles. The number of nitrogens with one attached hydrogen (secondary N) is 1. The van der Waals surface area contributed by atoms with E-state index in [1.165, 1.54) is 25.7 Å². The van der Waals surface area contributed by atoms with Crippen molar-refractivity contribution >= 4 is 0 Å². The molecule has 0 bridgehead atoms. The number of hydrogen-bond acceptors (Lipinski definition) is 3. The molecule has 0 atom stereocenters. The molecule has 0 radical (unpaired) electrons. The molecule has 106 valence electrons. The van der Waals surface area contributed by atoms with Crippen LogP contribution in [0, 0.1) is 18.8 Å². The monoisotopic (exact) mass is 261 g/mol. The Morgan fingerprint density at radius 1 is 1.21 bits per heavy atom. The van der Waals surface area contributed by atoms with E-state index < -0.39 is 0 Å². The molecular formula is C16H27N3. The fourth-order valence-corrected chi connectivity index (χ4v) is 3.16. The maximum atomic E-state index is 4.74. The molecule has 1 saturated carbocycles. The number of hydrogen-bond donors (Lipinski definition) is 1. The van der Waals surface area contributed by atoms with Crippen molar-refractivity contribution in [3.05, 3.63) is 23.3 Å². The zero-order valence-corrected chi connectivity index (χ0v) is 12.7. The molecule has 1 aliphatic carbocycles. The summed E-state index contributed by atoms with van der Waals surface area (Å²) in [5, 5.41) is 3.17. The van der Waals surface area contributed by atoms with Gasteiger partial charge < -0.3 is 5.32 Å². The van der Waals surface area contributed by atoms with Gasteiger partial charge in [-0.25, -0.2) is 9.97 Å². The van der Waals surface area contributed by atoms with Gasteiger partial charge in [-0.2, -0.15) is 0 Å². The molecule has 1 fully saturated rings. The number of nitrogens with zero attached hydrogens (tertiary/aromatic N) is 2. The van der Waals surface area contributed by atoms with Crippen LogP contribution in [0.4, 0.5) is 0 Å². The van der Waals surface area contributed by atoms with Crippen molar-refractivity contribution in [2.24, 2.45) is 11.8 Å². The first-order valence-electron chi connectivity index (χ1n) is 7.59. The predicted molar refractivity (Wildman–Crippen MR) is 79.1 cm³/mol. The van der Waals surface area contributed by atoms with Gasteiger partial charge in [-0.1, -0.05) is 13.8 Å². The summed E-state index contributed by atoms with van der Waals surface area (Å²) < 4.78 is 0. The predicted octanol–water partition coefficient (Wildman–Crippen LogP) is 3.43. The van der Waals surface area contributed by atoms with Crippen molar-refractivity contribution in [1.29, 1.82) is 0 Å². The lowest BCUT2D eigenvalue weighted by Gasteiger charge is -2.30. The minimum atomic E-state index is 0.575. The Bertz CT molecular complexity index is 406. The van der Waals surface area contributed by atoms with E-state index in [0.29, 0.717) is 5.92 Å². The molecule has 3 nitrogen and oxygen atoms in total. The lowest BCUT2D eigenvalue weighted by molar-refractivity contribution is 0.254. The van der Waals surface area contributed by atoms with Crippen LogP contribution in [0.25, 0.3) is 0 Å². The van der Waals surface area contributed by atoms with Crippen LogP contribution >= 0.6 is 0 Å². The standard InChI is InChI=1S/C16H27N3/c1-11(2)13-5-7-14(8-6-13)16-18-12(3)9-15(19-16)10-17-4/h9,11,13-14,17H,5-8,10H2,1-4H3. The highest BCUT2D eigenvalue weighted by Crippen LogP contribution is 2.37. The average Bonchev–Trinajstić information content (AvgIpc) is 2.38. The van der Waals surface area contributed by atoms with Gasteiger partial charge in [-0.05, 0) is 57.6 Å². The first kappa shape index (κ1) is 14.4. The van der Waals surface area contributed by atoms with E-state index in [9.17, 15) is 0 Å². The summed E-state index contributed by atoms with van der Waals surface area (Å²) in [4.78, 5) is 9.41. The van der Waals surface area contributed by atoms with Crippen LogP contribution in [0.15, 0.2) is 6.07 Å². The van der Waals surface area contributed by atoms with Gasteiger partial charge in [-0.15, -0.1) is 0 Å². The van der Waals surface area contributed by atoms with Crippen molar-refractivity contribution in [2.45, 2.75) is 58.9 Å². The lowest BCUT2D eigenvalue weighted by atomic mass is 9.76. The van der Waals surface area contributed by atoms with E-state index in [-0.39, 0.29) is 0 Å². The van der Waals surface area contributed by atoms with Crippen molar-refractivity contribution < 1.29 is 0 Å². The highest BCUT2D eigenvalue weighted by molar-refractivity contribution is 5.12. The normalized spacial score (nSPS) is 23.8. The molecule has 19 heavy (non-hydrogen) atoms. The van der Waals surface area contributed by atoms with Gasteiger partial charge in [0.1, 0.15) is 5.82 Å².